The Labute approximate surface area is 65.3 Å². The highest BCUT2D eigenvalue weighted by atomic mass is 19.1. The number of hydrogen-bond donors (Lipinski definition) is 0. The van der Waals surface area contributed by atoms with Gasteiger partial charge in [-0.1, -0.05) is 19.7 Å². The molecule has 11 heavy (non-hydrogen) atoms. The van der Waals surface area contributed by atoms with Gasteiger partial charge in [0.05, 0.1) is 0 Å². The maximum absolute atomic E-state index is 12.9. The van der Waals surface area contributed by atoms with Crippen LogP contribution in [0.15, 0.2) is 18.2 Å². The van der Waals surface area contributed by atoms with Gasteiger partial charge in [0.1, 0.15) is 11.6 Å². The lowest BCUT2D eigenvalue weighted by Gasteiger charge is -2.04. The van der Waals surface area contributed by atoms with E-state index in [1.165, 1.54) is 18.2 Å². The van der Waals surface area contributed by atoms with E-state index in [0.29, 0.717) is 0 Å². The van der Waals surface area contributed by atoms with Crippen LogP contribution < -0.4 is 5.46 Å². The van der Waals surface area contributed by atoms with Gasteiger partial charge in [-0.05, 0) is 17.6 Å². The van der Waals surface area contributed by atoms with Crippen molar-refractivity contribution in [1.82, 2.24) is 0 Å². The molecule has 0 atom stereocenters. The third-order valence-corrected chi connectivity index (χ3v) is 1.58. The van der Waals surface area contributed by atoms with Crippen molar-refractivity contribution < 1.29 is 8.78 Å². The molecule has 0 saturated carbocycles. The van der Waals surface area contributed by atoms with E-state index in [0.717, 1.165) is 0 Å². The predicted molar refractivity (Wildman–Crippen MR) is 43.5 cm³/mol. The SMILES string of the molecule is CB(C)c1c(F)cccc1F. The van der Waals surface area contributed by atoms with E-state index >= 15 is 0 Å². The summed E-state index contributed by atoms with van der Waals surface area (Å²) in [6.07, 6.45) is 0. The topological polar surface area (TPSA) is 0 Å². The molecule has 1 rings (SSSR count). The van der Waals surface area contributed by atoms with Crippen molar-refractivity contribution in [3.05, 3.63) is 29.8 Å². The average molecular weight is 154 g/mol. The molecule has 0 unspecified atom stereocenters. The first-order valence-corrected chi connectivity index (χ1v) is 3.57. The van der Waals surface area contributed by atoms with Crippen LogP contribution in [0.1, 0.15) is 0 Å². The van der Waals surface area contributed by atoms with Crippen LogP contribution in [0.2, 0.25) is 13.6 Å². The Hall–Kier alpha value is -0.855. The van der Waals surface area contributed by atoms with Gasteiger partial charge < -0.3 is 0 Å². The van der Waals surface area contributed by atoms with Crippen LogP contribution in [-0.4, -0.2) is 6.71 Å². The number of halogens is 2. The summed E-state index contributed by atoms with van der Waals surface area (Å²) in [5.74, 6) is -0.917. The molecule has 0 aromatic heterocycles. The highest BCUT2D eigenvalue weighted by Gasteiger charge is 2.13. The minimum absolute atomic E-state index is 0.101. The average Bonchev–Trinajstić information content (AvgIpc) is 1.85. The second-order valence-electron chi connectivity index (χ2n) is 2.79. The van der Waals surface area contributed by atoms with Crippen molar-refractivity contribution in [2.24, 2.45) is 0 Å². The van der Waals surface area contributed by atoms with Crippen LogP contribution in [0.5, 0.6) is 0 Å². The molecule has 0 saturated heterocycles. The van der Waals surface area contributed by atoms with E-state index < -0.39 is 11.6 Å². The molecule has 58 valence electrons. The van der Waals surface area contributed by atoms with Crippen LogP contribution in [0, 0.1) is 11.6 Å². The first kappa shape index (κ1) is 8.24. The van der Waals surface area contributed by atoms with Crippen molar-refractivity contribution in [1.29, 1.82) is 0 Å². The molecule has 3 heteroatoms. The number of benzene rings is 1. The Morgan fingerprint density at radius 1 is 1.09 bits per heavy atom. The van der Waals surface area contributed by atoms with Gasteiger partial charge in [0, 0.05) is 0 Å². The summed E-state index contributed by atoms with van der Waals surface area (Å²) in [5.41, 5.74) is 0.174. The molecule has 0 amide bonds. The maximum atomic E-state index is 12.9. The van der Waals surface area contributed by atoms with Crippen molar-refractivity contribution in [3.8, 4) is 0 Å². The third-order valence-electron chi connectivity index (χ3n) is 1.58. The molecule has 0 aliphatic rings. The van der Waals surface area contributed by atoms with Crippen LogP contribution in [0.3, 0.4) is 0 Å². The Bertz CT molecular complexity index is 238. The van der Waals surface area contributed by atoms with Crippen LogP contribution in [0.25, 0.3) is 0 Å². The summed E-state index contributed by atoms with van der Waals surface area (Å²) in [7, 11) is 0. The minimum Gasteiger partial charge on any atom is -0.207 e. The van der Waals surface area contributed by atoms with E-state index in [1.54, 1.807) is 13.6 Å². The Balaban J connectivity index is 3.21. The van der Waals surface area contributed by atoms with Crippen LogP contribution >= 0.6 is 0 Å². The van der Waals surface area contributed by atoms with Gasteiger partial charge in [-0.15, -0.1) is 0 Å². The lowest BCUT2D eigenvalue weighted by atomic mass is 9.49. The molecule has 0 nitrogen and oxygen atoms in total. The summed E-state index contributed by atoms with van der Waals surface area (Å²) in [5, 5.41) is 0. The lowest BCUT2D eigenvalue weighted by molar-refractivity contribution is 0.597. The zero-order valence-corrected chi connectivity index (χ0v) is 6.57. The predicted octanol–water partition coefficient (Wildman–Crippen LogP) is 1.93. The third kappa shape index (κ3) is 1.59. The molecule has 0 N–H and O–H groups in total. The standard InChI is InChI=1S/C8H9BF2/c1-9(2)8-6(10)4-3-5-7(8)11/h3-5H,1-2H3. The van der Waals surface area contributed by atoms with Crippen molar-refractivity contribution in [2.45, 2.75) is 13.6 Å². The van der Waals surface area contributed by atoms with E-state index in [1.807, 2.05) is 0 Å². The quantitative estimate of drug-likeness (QED) is 0.542. The molecule has 1 aromatic carbocycles. The summed E-state index contributed by atoms with van der Waals surface area (Å²) in [6, 6.07) is 3.92. The van der Waals surface area contributed by atoms with Crippen molar-refractivity contribution in [3.63, 3.8) is 0 Å². The van der Waals surface area contributed by atoms with Crippen LogP contribution in [0.4, 0.5) is 8.78 Å². The number of rotatable bonds is 1. The van der Waals surface area contributed by atoms with Gasteiger partial charge in [0.15, 0.2) is 6.71 Å². The first-order chi connectivity index (χ1) is 5.13. The molecule has 0 aliphatic carbocycles. The molecule has 0 spiro atoms. The fourth-order valence-corrected chi connectivity index (χ4v) is 1.06. The Morgan fingerprint density at radius 2 is 1.55 bits per heavy atom. The molecule has 0 radical (unpaired) electrons. The Morgan fingerprint density at radius 3 is 1.82 bits per heavy atom. The summed E-state index contributed by atoms with van der Waals surface area (Å²) in [6.45, 7) is 3.43. The maximum Gasteiger partial charge on any atom is 0.177 e. The molecule has 0 aliphatic heterocycles. The number of hydrogen-bond acceptors (Lipinski definition) is 0. The Kier molecular flexibility index (Phi) is 2.27. The van der Waals surface area contributed by atoms with E-state index in [9.17, 15) is 8.78 Å². The van der Waals surface area contributed by atoms with Gasteiger partial charge >= 0.3 is 0 Å². The first-order valence-electron chi connectivity index (χ1n) is 3.57. The zero-order valence-electron chi connectivity index (χ0n) is 6.57. The largest absolute Gasteiger partial charge is 0.207 e. The van der Waals surface area contributed by atoms with Gasteiger partial charge in [-0.3, -0.25) is 0 Å². The second kappa shape index (κ2) is 3.03. The highest BCUT2D eigenvalue weighted by Crippen LogP contribution is 2.00. The summed E-state index contributed by atoms with van der Waals surface area (Å²) < 4.78 is 25.7. The van der Waals surface area contributed by atoms with Gasteiger partial charge in [0.25, 0.3) is 0 Å². The smallest absolute Gasteiger partial charge is 0.177 e. The monoisotopic (exact) mass is 154 g/mol. The second-order valence-corrected chi connectivity index (χ2v) is 2.79. The van der Waals surface area contributed by atoms with E-state index in [4.69, 9.17) is 0 Å². The fraction of sp³-hybridized carbons (Fsp3) is 0.250. The van der Waals surface area contributed by atoms with Crippen LogP contribution in [-0.2, 0) is 0 Å². The highest BCUT2D eigenvalue weighted by molar-refractivity contribution is 6.70. The van der Waals surface area contributed by atoms with E-state index in [-0.39, 0.29) is 12.2 Å². The zero-order chi connectivity index (χ0) is 8.43. The van der Waals surface area contributed by atoms with Gasteiger partial charge in [-0.2, -0.15) is 0 Å². The molecule has 0 fully saturated rings. The normalized spacial score (nSPS) is 9.82. The fourth-order valence-electron chi connectivity index (χ4n) is 1.06. The molecular formula is C8H9BF2. The van der Waals surface area contributed by atoms with Crippen molar-refractivity contribution in [2.75, 3.05) is 0 Å². The van der Waals surface area contributed by atoms with Gasteiger partial charge in [-0.25, -0.2) is 8.78 Å². The molecular weight excluding hydrogens is 145 g/mol. The lowest BCUT2D eigenvalue weighted by Crippen LogP contribution is -2.29. The summed E-state index contributed by atoms with van der Waals surface area (Å²) >= 11 is 0. The minimum atomic E-state index is -0.458. The molecule has 0 heterocycles. The molecule has 1 aromatic rings. The van der Waals surface area contributed by atoms with Gasteiger partial charge in [0.2, 0.25) is 0 Å². The summed E-state index contributed by atoms with van der Waals surface area (Å²) in [4.78, 5) is 0. The van der Waals surface area contributed by atoms with E-state index in [2.05, 4.69) is 0 Å². The van der Waals surface area contributed by atoms with Crippen molar-refractivity contribution >= 4 is 12.2 Å². The molecule has 0 bridgehead atoms.